The first-order valence-electron chi connectivity index (χ1n) is 7.32. The van der Waals surface area contributed by atoms with Crippen molar-refractivity contribution >= 4 is 22.2 Å². The van der Waals surface area contributed by atoms with Crippen LogP contribution in [0.3, 0.4) is 0 Å². The summed E-state index contributed by atoms with van der Waals surface area (Å²) in [4.78, 5) is 4.64. The smallest absolute Gasteiger partial charge is 0.187 e. The van der Waals surface area contributed by atoms with Gasteiger partial charge in [0.2, 0.25) is 0 Å². The number of benzene rings is 2. The standard InChI is InChI=1S/C18H18N2O3S/c1-21-13-6-4-12(5-7-13)19-18-20-16(11-24-18)15-10-14(22-2)8-9-17(15)23-3/h4-11H,1-3H3,(H,19,20). The van der Waals surface area contributed by atoms with E-state index in [1.54, 1.807) is 21.3 Å². The molecule has 0 unspecified atom stereocenters. The van der Waals surface area contributed by atoms with Crippen LogP contribution in [0.5, 0.6) is 17.2 Å². The Morgan fingerprint density at radius 1 is 0.875 bits per heavy atom. The van der Waals surface area contributed by atoms with Crippen molar-refractivity contribution in [3.8, 4) is 28.5 Å². The molecule has 6 heteroatoms. The van der Waals surface area contributed by atoms with Gasteiger partial charge in [0.1, 0.15) is 17.2 Å². The van der Waals surface area contributed by atoms with E-state index in [-0.39, 0.29) is 0 Å². The zero-order valence-electron chi connectivity index (χ0n) is 13.7. The van der Waals surface area contributed by atoms with Crippen LogP contribution >= 0.6 is 11.3 Å². The van der Waals surface area contributed by atoms with Gasteiger partial charge in [-0.3, -0.25) is 0 Å². The van der Waals surface area contributed by atoms with Crippen LogP contribution in [-0.4, -0.2) is 26.3 Å². The minimum absolute atomic E-state index is 0.761. The van der Waals surface area contributed by atoms with Crippen LogP contribution in [0.15, 0.2) is 47.8 Å². The molecule has 5 nitrogen and oxygen atoms in total. The van der Waals surface area contributed by atoms with Gasteiger partial charge in [-0.05, 0) is 42.5 Å². The minimum atomic E-state index is 0.761. The van der Waals surface area contributed by atoms with Crippen LogP contribution in [-0.2, 0) is 0 Å². The maximum Gasteiger partial charge on any atom is 0.187 e. The molecule has 24 heavy (non-hydrogen) atoms. The third kappa shape index (κ3) is 3.44. The van der Waals surface area contributed by atoms with Crippen LogP contribution in [0.1, 0.15) is 0 Å². The first-order chi connectivity index (χ1) is 11.7. The van der Waals surface area contributed by atoms with Crippen molar-refractivity contribution in [3.63, 3.8) is 0 Å². The second-order valence-electron chi connectivity index (χ2n) is 4.96. The van der Waals surface area contributed by atoms with Crippen LogP contribution in [0.2, 0.25) is 0 Å². The molecule has 0 aliphatic rings. The summed E-state index contributed by atoms with van der Waals surface area (Å²) in [5.41, 5.74) is 2.69. The molecule has 124 valence electrons. The topological polar surface area (TPSA) is 52.6 Å². The Labute approximate surface area is 144 Å². The zero-order chi connectivity index (χ0) is 16.9. The molecule has 0 saturated carbocycles. The third-order valence-corrected chi connectivity index (χ3v) is 4.29. The first kappa shape index (κ1) is 16.1. The van der Waals surface area contributed by atoms with E-state index in [9.17, 15) is 0 Å². The number of ether oxygens (including phenoxy) is 3. The third-order valence-electron chi connectivity index (χ3n) is 3.53. The van der Waals surface area contributed by atoms with E-state index in [4.69, 9.17) is 14.2 Å². The lowest BCUT2D eigenvalue weighted by molar-refractivity contribution is 0.404. The lowest BCUT2D eigenvalue weighted by atomic mass is 10.1. The number of thiazole rings is 1. The minimum Gasteiger partial charge on any atom is -0.497 e. The average molecular weight is 342 g/mol. The summed E-state index contributed by atoms with van der Waals surface area (Å²) in [6, 6.07) is 13.4. The molecule has 2 aromatic carbocycles. The molecular formula is C18H18N2O3S. The first-order valence-corrected chi connectivity index (χ1v) is 8.20. The van der Waals surface area contributed by atoms with Crippen molar-refractivity contribution in [2.45, 2.75) is 0 Å². The maximum atomic E-state index is 5.43. The summed E-state index contributed by atoms with van der Waals surface area (Å²) >= 11 is 1.53. The molecule has 3 aromatic rings. The predicted molar refractivity (Wildman–Crippen MR) is 96.9 cm³/mol. The number of nitrogens with one attached hydrogen (secondary N) is 1. The molecule has 0 amide bonds. The molecule has 1 aromatic heterocycles. The van der Waals surface area contributed by atoms with Gasteiger partial charge < -0.3 is 19.5 Å². The molecule has 3 rings (SSSR count). The molecule has 0 saturated heterocycles. The van der Waals surface area contributed by atoms with Gasteiger partial charge in [-0.1, -0.05) is 0 Å². The molecule has 1 N–H and O–H groups in total. The van der Waals surface area contributed by atoms with E-state index in [0.717, 1.165) is 39.3 Å². The van der Waals surface area contributed by atoms with E-state index in [0.29, 0.717) is 0 Å². The Hall–Kier alpha value is -2.73. The summed E-state index contributed by atoms with van der Waals surface area (Å²) < 4.78 is 15.9. The van der Waals surface area contributed by atoms with Crippen molar-refractivity contribution in [1.82, 2.24) is 4.98 Å². The second-order valence-corrected chi connectivity index (χ2v) is 5.82. The lowest BCUT2D eigenvalue weighted by Crippen LogP contribution is -1.92. The lowest BCUT2D eigenvalue weighted by Gasteiger charge is -2.08. The number of hydrogen-bond donors (Lipinski definition) is 1. The number of anilines is 2. The van der Waals surface area contributed by atoms with Crippen molar-refractivity contribution in [2.75, 3.05) is 26.6 Å². The van der Waals surface area contributed by atoms with E-state index < -0.39 is 0 Å². The molecule has 1 heterocycles. The highest BCUT2D eigenvalue weighted by Gasteiger charge is 2.11. The molecule has 0 radical (unpaired) electrons. The second kappa shape index (κ2) is 7.23. The summed E-state index contributed by atoms with van der Waals surface area (Å²) in [5, 5.41) is 6.09. The molecule has 0 aliphatic carbocycles. The van der Waals surface area contributed by atoms with Crippen molar-refractivity contribution in [1.29, 1.82) is 0 Å². The maximum absolute atomic E-state index is 5.43. The van der Waals surface area contributed by atoms with Crippen molar-refractivity contribution < 1.29 is 14.2 Å². The Morgan fingerprint density at radius 2 is 1.58 bits per heavy atom. The van der Waals surface area contributed by atoms with E-state index in [1.807, 2.05) is 47.8 Å². The fourth-order valence-electron chi connectivity index (χ4n) is 2.27. The number of rotatable bonds is 6. The van der Waals surface area contributed by atoms with Gasteiger partial charge in [0.05, 0.1) is 27.0 Å². The number of nitrogens with zero attached hydrogens (tertiary/aromatic N) is 1. The fraction of sp³-hybridized carbons (Fsp3) is 0.167. The Kier molecular flexibility index (Phi) is 4.86. The monoisotopic (exact) mass is 342 g/mol. The van der Waals surface area contributed by atoms with Crippen molar-refractivity contribution in [2.24, 2.45) is 0 Å². The van der Waals surface area contributed by atoms with Gasteiger partial charge in [-0.2, -0.15) is 0 Å². The molecule has 0 atom stereocenters. The summed E-state index contributed by atoms with van der Waals surface area (Å²) in [7, 11) is 4.94. The van der Waals surface area contributed by atoms with Crippen LogP contribution in [0.4, 0.5) is 10.8 Å². The highest BCUT2D eigenvalue weighted by Crippen LogP contribution is 2.35. The SMILES string of the molecule is COc1ccc(Nc2nc(-c3cc(OC)ccc3OC)cs2)cc1. The largest absolute Gasteiger partial charge is 0.497 e. The molecular weight excluding hydrogens is 324 g/mol. The van der Waals surface area contributed by atoms with Gasteiger partial charge in [0.25, 0.3) is 0 Å². The van der Waals surface area contributed by atoms with Crippen LogP contribution < -0.4 is 19.5 Å². The Balaban J connectivity index is 1.84. The quantitative estimate of drug-likeness (QED) is 0.710. The summed E-state index contributed by atoms with van der Waals surface area (Å²) in [5.74, 6) is 2.35. The molecule has 0 aliphatic heterocycles. The molecule has 0 bridgehead atoms. The highest BCUT2D eigenvalue weighted by atomic mass is 32.1. The van der Waals surface area contributed by atoms with Crippen molar-refractivity contribution in [3.05, 3.63) is 47.8 Å². The van der Waals surface area contributed by atoms with Crippen LogP contribution in [0, 0.1) is 0 Å². The van der Waals surface area contributed by atoms with E-state index in [2.05, 4.69) is 10.3 Å². The summed E-state index contributed by atoms with van der Waals surface area (Å²) in [6.07, 6.45) is 0. The number of hydrogen-bond acceptors (Lipinski definition) is 6. The Bertz CT molecular complexity index is 815. The molecule has 0 spiro atoms. The van der Waals surface area contributed by atoms with Gasteiger partial charge in [0.15, 0.2) is 5.13 Å². The summed E-state index contributed by atoms with van der Waals surface area (Å²) in [6.45, 7) is 0. The zero-order valence-corrected chi connectivity index (χ0v) is 14.5. The normalized spacial score (nSPS) is 10.3. The Morgan fingerprint density at radius 3 is 2.25 bits per heavy atom. The molecule has 0 fully saturated rings. The van der Waals surface area contributed by atoms with Crippen LogP contribution in [0.25, 0.3) is 11.3 Å². The van der Waals surface area contributed by atoms with E-state index in [1.165, 1.54) is 11.3 Å². The van der Waals surface area contributed by atoms with Gasteiger partial charge in [0, 0.05) is 16.6 Å². The fourth-order valence-corrected chi connectivity index (χ4v) is 3.00. The highest BCUT2D eigenvalue weighted by molar-refractivity contribution is 7.14. The average Bonchev–Trinajstić information content (AvgIpc) is 3.10. The number of aromatic nitrogens is 1. The van der Waals surface area contributed by atoms with E-state index >= 15 is 0 Å². The van der Waals surface area contributed by atoms with Gasteiger partial charge in [-0.15, -0.1) is 11.3 Å². The predicted octanol–water partition coefficient (Wildman–Crippen LogP) is 4.58. The van der Waals surface area contributed by atoms with Gasteiger partial charge in [-0.25, -0.2) is 4.98 Å². The van der Waals surface area contributed by atoms with Gasteiger partial charge >= 0.3 is 0 Å². The number of methoxy groups -OCH3 is 3.